The van der Waals surface area contributed by atoms with Crippen molar-refractivity contribution in [2.24, 2.45) is 0 Å². The van der Waals surface area contributed by atoms with E-state index < -0.39 is 5.97 Å². The van der Waals surface area contributed by atoms with E-state index in [-0.39, 0.29) is 0 Å². The lowest BCUT2D eigenvalue weighted by molar-refractivity contribution is -0.131. The minimum absolute atomic E-state index is 0.486. The van der Waals surface area contributed by atoms with Gasteiger partial charge in [0.15, 0.2) is 11.5 Å². The summed E-state index contributed by atoms with van der Waals surface area (Å²) in [5.41, 5.74) is 1.42. The smallest absolute Gasteiger partial charge is 0.328 e. The normalized spacial score (nSPS) is 11.1. The molecule has 0 heterocycles. The summed E-state index contributed by atoms with van der Waals surface area (Å²) in [4.78, 5) is 10.8. The Bertz CT molecular complexity index is 466. The van der Waals surface area contributed by atoms with Gasteiger partial charge in [-0.2, -0.15) is 0 Å². The zero-order chi connectivity index (χ0) is 14.4. The van der Waals surface area contributed by atoms with E-state index in [1.807, 2.05) is 6.92 Å². The van der Waals surface area contributed by atoms with Crippen LogP contribution in [0.15, 0.2) is 18.2 Å². The van der Waals surface area contributed by atoms with E-state index >= 15 is 0 Å². The van der Waals surface area contributed by atoms with Crippen LogP contribution in [-0.4, -0.2) is 32.4 Å². The third-order valence-corrected chi connectivity index (χ3v) is 2.71. The summed E-state index contributed by atoms with van der Waals surface area (Å²) in [5.74, 6) is 0.508. The van der Waals surface area contributed by atoms with E-state index in [1.165, 1.54) is 27.4 Å². The van der Waals surface area contributed by atoms with Crippen LogP contribution >= 0.6 is 0 Å². The molecule has 1 N–H and O–H groups in total. The van der Waals surface area contributed by atoms with E-state index in [0.29, 0.717) is 29.2 Å². The first-order chi connectivity index (χ1) is 9.07. The number of carbonyl (C=O) groups is 1. The van der Waals surface area contributed by atoms with Gasteiger partial charge in [-0.15, -0.1) is 0 Å². The van der Waals surface area contributed by atoms with Crippen molar-refractivity contribution >= 4 is 11.5 Å². The van der Waals surface area contributed by atoms with Gasteiger partial charge in [-0.3, -0.25) is 0 Å². The lowest BCUT2D eigenvalue weighted by Gasteiger charge is -2.15. The van der Waals surface area contributed by atoms with Gasteiger partial charge < -0.3 is 19.3 Å². The summed E-state index contributed by atoms with van der Waals surface area (Å²) < 4.78 is 15.7. The zero-order valence-electron chi connectivity index (χ0n) is 11.5. The van der Waals surface area contributed by atoms with Crippen LogP contribution in [0.25, 0.3) is 5.57 Å². The predicted molar refractivity (Wildman–Crippen MR) is 72.0 cm³/mol. The largest absolute Gasteiger partial charge is 0.493 e. The first-order valence-electron chi connectivity index (χ1n) is 5.81. The third kappa shape index (κ3) is 3.40. The summed E-state index contributed by atoms with van der Waals surface area (Å²) in [6, 6.07) is 3.47. The van der Waals surface area contributed by atoms with Crippen LogP contribution in [0.3, 0.4) is 0 Å². The van der Waals surface area contributed by atoms with Crippen molar-refractivity contribution in [2.45, 2.75) is 13.3 Å². The molecule has 0 saturated heterocycles. The number of ether oxygens (including phenoxy) is 3. The van der Waals surface area contributed by atoms with Crippen molar-refractivity contribution < 1.29 is 24.1 Å². The van der Waals surface area contributed by atoms with Crippen molar-refractivity contribution in [3.63, 3.8) is 0 Å². The van der Waals surface area contributed by atoms with E-state index in [0.717, 1.165) is 5.56 Å². The number of carboxylic acids is 1. The van der Waals surface area contributed by atoms with Gasteiger partial charge in [0, 0.05) is 6.08 Å². The first kappa shape index (κ1) is 14.9. The molecule has 0 radical (unpaired) electrons. The van der Waals surface area contributed by atoms with Gasteiger partial charge >= 0.3 is 5.97 Å². The lowest BCUT2D eigenvalue weighted by atomic mass is 10.0. The van der Waals surface area contributed by atoms with Crippen molar-refractivity contribution in [1.82, 2.24) is 0 Å². The Morgan fingerprint density at radius 1 is 1.16 bits per heavy atom. The van der Waals surface area contributed by atoms with Crippen LogP contribution in [0.1, 0.15) is 18.9 Å². The van der Waals surface area contributed by atoms with Crippen molar-refractivity contribution in [1.29, 1.82) is 0 Å². The molecular formula is C14H18O5. The van der Waals surface area contributed by atoms with E-state index in [1.54, 1.807) is 12.1 Å². The van der Waals surface area contributed by atoms with Crippen LogP contribution in [0.4, 0.5) is 0 Å². The van der Waals surface area contributed by atoms with Crippen molar-refractivity contribution in [3.05, 3.63) is 23.8 Å². The van der Waals surface area contributed by atoms with E-state index in [9.17, 15) is 4.79 Å². The number of carboxylic acid groups (broad SMARTS) is 1. The average Bonchev–Trinajstić information content (AvgIpc) is 2.42. The molecule has 1 aromatic carbocycles. The highest BCUT2D eigenvalue weighted by Crippen LogP contribution is 2.40. The summed E-state index contributed by atoms with van der Waals surface area (Å²) in [6.45, 7) is 1.89. The minimum Gasteiger partial charge on any atom is -0.493 e. The fourth-order valence-corrected chi connectivity index (χ4v) is 1.81. The average molecular weight is 266 g/mol. The van der Waals surface area contributed by atoms with Crippen LogP contribution in [0.5, 0.6) is 17.2 Å². The second-order valence-corrected chi connectivity index (χ2v) is 3.78. The highest BCUT2D eigenvalue weighted by molar-refractivity contribution is 5.90. The zero-order valence-corrected chi connectivity index (χ0v) is 11.5. The van der Waals surface area contributed by atoms with Gasteiger partial charge in [-0.1, -0.05) is 6.92 Å². The molecule has 0 aliphatic carbocycles. The summed E-state index contributed by atoms with van der Waals surface area (Å²) in [6.07, 6.45) is 1.77. The number of allylic oxidation sites excluding steroid dienone is 1. The third-order valence-electron chi connectivity index (χ3n) is 2.71. The van der Waals surface area contributed by atoms with Gasteiger partial charge in [-0.25, -0.2) is 4.79 Å². The molecule has 19 heavy (non-hydrogen) atoms. The van der Waals surface area contributed by atoms with Crippen LogP contribution in [0.2, 0.25) is 0 Å². The van der Waals surface area contributed by atoms with Crippen LogP contribution in [0, 0.1) is 0 Å². The number of rotatable bonds is 6. The Kier molecular flexibility index (Phi) is 5.23. The molecule has 0 fully saturated rings. The molecule has 0 amide bonds. The quantitative estimate of drug-likeness (QED) is 0.802. The number of benzene rings is 1. The SMILES string of the molecule is CC/C(=C\C(=O)O)c1cc(OC)c(OC)c(OC)c1. The molecule has 0 atom stereocenters. The van der Waals surface area contributed by atoms with Gasteiger partial charge in [0.05, 0.1) is 21.3 Å². The molecule has 0 bridgehead atoms. The standard InChI is InChI=1S/C14H18O5/c1-5-9(8-13(15)16)10-6-11(17-2)14(19-4)12(7-10)18-3/h6-8H,5H2,1-4H3,(H,15,16)/b9-8+. The van der Waals surface area contributed by atoms with Crippen LogP contribution < -0.4 is 14.2 Å². The Hall–Kier alpha value is -2.17. The highest BCUT2D eigenvalue weighted by atomic mass is 16.5. The molecule has 0 unspecified atom stereocenters. The molecule has 1 aromatic rings. The van der Waals surface area contributed by atoms with Crippen LogP contribution in [-0.2, 0) is 4.79 Å². The maximum absolute atomic E-state index is 10.8. The molecule has 5 heteroatoms. The summed E-state index contributed by atoms with van der Waals surface area (Å²) in [7, 11) is 4.56. The Morgan fingerprint density at radius 3 is 2.00 bits per heavy atom. The van der Waals surface area contributed by atoms with E-state index in [4.69, 9.17) is 19.3 Å². The Labute approximate surface area is 112 Å². The fourth-order valence-electron chi connectivity index (χ4n) is 1.81. The minimum atomic E-state index is -0.981. The number of hydrogen-bond acceptors (Lipinski definition) is 4. The first-order valence-corrected chi connectivity index (χ1v) is 5.81. The Balaban J connectivity index is 3.40. The van der Waals surface area contributed by atoms with Crippen molar-refractivity contribution in [3.8, 4) is 17.2 Å². The molecule has 0 aromatic heterocycles. The topological polar surface area (TPSA) is 65.0 Å². The van der Waals surface area contributed by atoms with Gasteiger partial charge in [0.1, 0.15) is 0 Å². The molecule has 0 saturated carbocycles. The maximum Gasteiger partial charge on any atom is 0.328 e. The fraction of sp³-hybridized carbons (Fsp3) is 0.357. The molecule has 5 nitrogen and oxygen atoms in total. The predicted octanol–water partition coefficient (Wildman–Crippen LogP) is 2.59. The number of hydrogen-bond donors (Lipinski definition) is 1. The summed E-state index contributed by atoms with van der Waals surface area (Å²) >= 11 is 0. The van der Waals surface area contributed by atoms with Gasteiger partial charge in [-0.05, 0) is 29.7 Å². The molecule has 0 spiro atoms. The molecule has 0 aliphatic heterocycles. The molecule has 1 rings (SSSR count). The second kappa shape index (κ2) is 6.68. The monoisotopic (exact) mass is 266 g/mol. The maximum atomic E-state index is 10.8. The second-order valence-electron chi connectivity index (χ2n) is 3.78. The highest BCUT2D eigenvalue weighted by Gasteiger charge is 2.15. The lowest BCUT2D eigenvalue weighted by Crippen LogP contribution is -1.98. The molecule has 104 valence electrons. The Morgan fingerprint density at radius 2 is 1.68 bits per heavy atom. The number of aliphatic carboxylic acids is 1. The van der Waals surface area contributed by atoms with Gasteiger partial charge in [0.2, 0.25) is 5.75 Å². The van der Waals surface area contributed by atoms with E-state index in [2.05, 4.69) is 0 Å². The van der Waals surface area contributed by atoms with Crippen molar-refractivity contribution in [2.75, 3.05) is 21.3 Å². The summed E-state index contributed by atoms with van der Waals surface area (Å²) in [5, 5.41) is 8.87. The van der Waals surface area contributed by atoms with Gasteiger partial charge in [0.25, 0.3) is 0 Å². The number of methoxy groups -OCH3 is 3. The molecular weight excluding hydrogens is 248 g/mol. The molecule has 0 aliphatic rings.